The lowest BCUT2D eigenvalue weighted by molar-refractivity contribution is -0.127. The van der Waals surface area contributed by atoms with Crippen molar-refractivity contribution >= 4 is 23.2 Å². The number of rotatable bonds is 8. The second-order valence-electron chi connectivity index (χ2n) is 8.12. The van der Waals surface area contributed by atoms with Crippen molar-refractivity contribution in [3.63, 3.8) is 0 Å². The molecule has 1 aromatic rings. The highest BCUT2D eigenvalue weighted by Crippen LogP contribution is 2.26. The number of guanidine groups is 1. The Balaban J connectivity index is 1.53. The molecule has 3 rings (SSSR count). The molecule has 0 saturated carbocycles. The normalized spacial score (nSPS) is 19.8. The summed E-state index contributed by atoms with van der Waals surface area (Å²) >= 11 is 1.87. The van der Waals surface area contributed by atoms with E-state index in [4.69, 9.17) is 4.98 Å². The fourth-order valence-electron chi connectivity index (χ4n) is 4.02. The Morgan fingerprint density at radius 1 is 1.28 bits per heavy atom. The summed E-state index contributed by atoms with van der Waals surface area (Å²) in [5, 5.41) is 8.09. The molecule has 1 amide bonds. The van der Waals surface area contributed by atoms with Crippen LogP contribution in [0.4, 0.5) is 0 Å². The monoisotopic (exact) mass is 420 g/mol. The molecular weight excluding hydrogens is 384 g/mol. The molecule has 7 nitrogen and oxygen atoms in total. The van der Waals surface area contributed by atoms with E-state index in [0.717, 1.165) is 38.4 Å². The van der Waals surface area contributed by atoms with Crippen molar-refractivity contribution in [1.82, 2.24) is 25.4 Å². The molecule has 1 aliphatic carbocycles. The Labute approximate surface area is 179 Å². The van der Waals surface area contributed by atoms with Crippen LogP contribution < -0.4 is 10.6 Å². The van der Waals surface area contributed by atoms with Gasteiger partial charge in [0.2, 0.25) is 5.91 Å². The largest absolute Gasteiger partial charge is 0.356 e. The molecule has 1 aliphatic heterocycles. The van der Waals surface area contributed by atoms with E-state index in [1.165, 1.54) is 54.2 Å². The molecule has 1 saturated heterocycles. The van der Waals surface area contributed by atoms with E-state index in [1.807, 2.05) is 11.3 Å². The van der Waals surface area contributed by atoms with Crippen molar-refractivity contribution in [3.05, 3.63) is 15.6 Å². The molecule has 2 heterocycles. The quantitative estimate of drug-likeness (QED) is 0.494. The van der Waals surface area contributed by atoms with Crippen molar-refractivity contribution in [2.45, 2.75) is 57.9 Å². The number of carbonyl (C=O) groups is 1. The zero-order chi connectivity index (χ0) is 20.6. The molecule has 1 unspecified atom stereocenters. The smallest absolute Gasteiger partial charge is 0.243 e. The van der Waals surface area contributed by atoms with Gasteiger partial charge in [0.15, 0.2) is 5.96 Å². The van der Waals surface area contributed by atoms with Crippen molar-refractivity contribution < 1.29 is 4.79 Å². The number of nitrogens with zero attached hydrogens (tertiary/aromatic N) is 4. The number of fused-ring (bicyclic) bond motifs is 1. The van der Waals surface area contributed by atoms with Crippen LogP contribution in [0, 0.1) is 0 Å². The zero-order valence-electron chi connectivity index (χ0n) is 18.2. The van der Waals surface area contributed by atoms with Crippen LogP contribution in [-0.4, -0.2) is 79.5 Å². The summed E-state index contributed by atoms with van der Waals surface area (Å²) in [4.78, 5) is 26.9. The number of hydrogen-bond donors (Lipinski definition) is 2. The zero-order valence-corrected chi connectivity index (χ0v) is 19.0. The van der Waals surface area contributed by atoms with Crippen LogP contribution in [0.1, 0.15) is 48.2 Å². The van der Waals surface area contributed by atoms with Crippen LogP contribution in [0.15, 0.2) is 4.99 Å². The number of likely N-dealkylation sites (tertiary alicyclic amines) is 1. The summed E-state index contributed by atoms with van der Waals surface area (Å²) in [5.74, 6) is 0.735. The molecule has 29 heavy (non-hydrogen) atoms. The average Bonchev–Trinajstić information content (AvgIpc) is 3.34. The van der Waals surface area contributed by atoms with Crippen LogP contribution in [-0.2, 0) is 24.1 Å². The molecule has 162 valence electrons. The molecule has 1 aromatic heterocycles. The van der Waals surface area contributed by atoms with Gasteiger partial charge in [-0.1, -0.05) is 6.92 Å². The minimum atomic E-state index is 0.00903. The van der Waals surface area contributed by atoms with Gasteiger partial charge in [0, 0.05) is 44.5 Å². The van der Waals surface area contributed by atoms with Gasteiger partial charge in [-0.2, -0.15) is 0 Å². The first-order valence-corrected chi connectivity index (χ1v) is 11.8. The van der Waals surface area contributed by atoms with E-state index in [2.05, 4.69) is 27.4 Å². The molecule has 1 atom stereocenters. The molecule has 2 aliphatic rings. The SMILES string of the molecule is CCN1CCCC1CNC(=NCC(=O)N(C)C)NCCc1nc2c(s1)CCCC2. The Hall–Kier alpha value is -1.67. The van der Waals surface area contributed by atoms with Gasteiger partial charge in [-0.3, -0.25) is 9.69 Å². The maximum absolute atomic E-state index is 12.0. The first-order chi connectivity index (χ1) is 14.1. The third-order valence-electron chi connectivity index (χ3n) is 5.80. The molecule has 0 aromatic carbocycles. The molecule has 0 spiro atoms. The lowest BCUT2D eigenvalue weighted by Crippen LogP contribution is -2.45. The Bertz CT molecular complexity index is 678. The third kappa shape index (κ3) is 6.40. The van der Waals surface area contributed by atoms with Gasteiger partial charge in [-0.25, -0.2) is 9.98 Å². The standard InChI is InChI=1S/C21H36N6OS/c1-4-27-13-7-8-16(27)14-23-21(24-15-20(28)26(2)3)22-12-11-19-25-17-9-5-6-10-18(17)29-19/h16H,4-15H2,1-3H3,(H2,22,23,24). The maximum Gasteiger partial charge on any atom is 0.243 e. The van der Waals surface area contributed by atoms with Gasteiger partial charge in [0.1, 0.15) is 6.54 Å². The van der Waals surface area contributed by atoms with Gasteiger partial charge in [-0.05, 0) is 51.6 Å². The maximum atomic E-state index is 12.0. The summed E-state index contributed by atoms with van der Waals surface area (Å²) in [6.45, 7) is 6.28. The summed E-state index contributed by atoms with van der Waals surface area (Å²) in [5.41, 5.74) is 1.32. The number of likely N-dealkylation sites (N-methyl/N-ethyl adjacent to an activating group) is 2. The Kier molecular flexibility index (Phi) is 8.29. The topological polar surface area (TPSA) is 72.9 Å². The Morgan fingerprint density at radius 2 is 2.10 bits per heavy atom. The number of amides is 1. The van der Waals surface area contributed by atoms with E-state index in [9.17, 15) is 4.79 Å². The highest BCUT2D eigenvalue weighted by atomic mass is 32.1. The summed E-state index contributed by atoms with van der Waals surface area (Å²) in [7, 11) is 3.53. The average molecular weight is 421 g/mol. The molecule has 0 bridgehead atoms. The minimum absolute atomic E-state index is 0.00903. The van der Waals surface area contributed by atoms with Crippen molar-refractivity contribution in [1.29, 1.82) is 0 Å². The van der Waals surface area contributed by atoms with Crippen LogP contribution in [0.2, 0.25) is 0 Å². The third-order valence-corrected chi connectivity index (χ3v) is 7.02. The molecule has 8 heteroatoms. The van der Waals surface area contributed by atoms with Crippen LogP contribution in [0.3, 0.4) is 0 Å². The number of aliphatic imine (C=N–C) groups is 1. The predicted octanol–water partition coefficient (Wildman–Crippen LogP) is 1.67. The van der Waals surface area contributed by atoms with Crippen LogP contribution in [0.25, 0.3) is 0 Å². The van der Waals surface area contributed by atoms with Crippen molar-refractivity contribution in [2.24, 2.45) is 4.99 Å². The van der Waals surface area contributed by atoms with E-state index in [0.29, 0.717) is 6.04 Å². The Morgan fingerprint density at radius 3 is 2.86 bits per heavy atom. The number of nitrogens with one attached hydrogen (secondary N) is 2. The summed E-state index contributed by atoms with van der Waals surface area (Å²) in [6, 6.07) is 0.544. The van der Waals surface area contributed by atoms with Crippen LogP contribution in [0.5, 0.6) is 0 Å². The fourth-order valence-corrected chi connectivity index (χ4v) is 5.18. The number of carbonyl (C=O) groups excluding carboxylic acids is 1. The fraction of sp³-hybridized carbons (Fsp3) is 0.762. The van der Waals surface area contributed by atoms with E-state index in [-0.39, 0.29) is 12.5 Å². The summed E-state index contributed by atoms with van der Waals surface area (Å²) < 4.78 is 0. The first kappa shape index (κ1) is 22.0. The number of hydrogen-bond acceptors (Lipinski definition) is 5. The first-order valence-electron chi connectivity index (χ1n) is 11.0. The molecule has 1 fully saturated rings. The van der Waals surface area contributed by atoms with Crippen molar-refractivity contribution in [2.75, 3.05) is 46.8 Å². The number of thiazole rings is 1. The second-order valence-corrected chi connectivity index (χ2v) is 9.29. The van der Waals surface area contributed by atoms with Gasteiger partial charge >= 0.3 is 0 Å². The highest BCUT2D eigenvalue weighted by Gasteiger charge is 2.23. The second kappa shape index (κ2) is 10.9. The predicted molar refractivity (Wildman–Crippen MR) is 120 cm³/mol. The lowest BCUT2D eigenvalue weighted by atomic mass is 10.0. The minimum Gasteiger partial charge on any atom is -0.356 e. The van der Waals surface area contributed by atoms with Gasteiger partial charge in [-0.15, -0.1) is 11.3 Å². The van der Waals surface area contributed by atoms with Gasteiger partial charge in [0.05, 0.1) is 10.7 Å². The van der Waals surface area contributed by atoms with Gasteiger partial charge < -0.3 is 15.5 Å². The van der Waals surface area contributed by atoms with Crippen molar-refractivity contribution in [3.8, 4) is 0 Å². The highest BCUT2D eigenvalue weighted by molar-refractivity contribution is 7.11. The number of aryl methyl sites for hydroxylation is 2. The molecule has 0 radical (unpaired) electrons. The molecular formula is C21H36N6OS. The van der Waals surface area contributed by atoms with Crippen LogP contribution >= 0.6 is 11.3 Å². The van der Waals surface area contributed by atoms with E-state index < -0.39 is 0 Å². The molecule has 2 N–H and O–H groups in total. The lowest BCUT2D eigenvalue weighted by Gasteiger charge is -2.24. The van der Waals surface area contributed by atoms with E-state index >= 15 is 0 Å². The summed E-state index contributed by atoms with van der Waals surface area (Å²) in [6.07, 6.45) is 8.26. The van der Waals surface area contributed by atoms with E-state index in [1.54, 1.807) is 19.0 Å². The number of aromatic nitrogens is 1. The van der Waals surface area contributed by atoms with Gasteiger partial charge in [0.25, 0.3) is 0 Å².